The van der Waals surface area contributed by atoms with Crippen LogP contribution >= 0.6 is 11.6 Å². The summed E-state index contributed by atoms with van der Waals surface area (Å²) < 4.78 is 12.9. The van der Waals surface area contributed by atoms with Crippen LogP contribution in [-0.4, -0.2) is 40.9 Å². The fourth-order valence-corrected chi connectivity index (χ4v) is 2.82. The van der Waals surface area contributed by atoms with Gasteiger partial charge in [0.1, 0.15) is 6.10 Å². The predicted molar refractivity (Wildman–Crippen MR) is 91.6 cm³/mol. The van der Waals surface area contributed by atoms with Gasteiger partial charge in [0.15, 0.2) is 0 Å². The van der Waals surface area contributed by atoms with E-state index in [9.17, 15) is 4.79 Å². The van der Waals surface area contributed by atoms with Crippen LogP contribution < -0.4 is 5.32 Å². The Bertz CT molecular complexity index is 684. The van der Waals surface area contributed by atoms with Crippen LogP contribution in [-0.2, 0) is 14.3 Å². The number of hydrogen-bond acceptors (Lipinski definition) is 4. The minimum absolute atomic E-state index is 0.101. The molecule has 2 atom stereocenters. The largest absolute Gasteiger partial charge is 0.376 e. The summed E-state index contributed by atoms with van der Waals surface area (Å²) in [5, 5.41) is 3.34. The molecule has 1 amide bonds. The average molecular weight is 350 g/mol. The van der Waals surface area contributed by atoms with Crippen molar-refractivity contribution in [3.8, 4) is 5.69 Å². The van der Waals surface area contributed by atoms with Crippen LogP contribution in [0.3, 0.4) is 0 Å². The van der Waals surface area contributed by atoms with Crippen LogP contribution in [0.25, 0.3) is 5.69 Å². The molecule has 0 aliphatic carbocycles. The Morgan fingerprint density at radius 2 is 2.46 bits per heavy atom. The van der Waals surface area contributed by atoms with Crippen LogP contribution in [0.1, 0.15) is 19.8 Å². The highest BCUT2D eigenvalue weighted by Crippen LogP contribution is 2.24. The van der Waals surface area contributed by atoms with Crippen LogP contribution in [0.2, 0.25) is 5.02 Å². The molecule has 6 nitrogen and oxygen atoms in total. The molecular formula is C17H20ClN3O3. The summed E-state index contributed by atoms with van der Waals surface area (Å²) in [6, 6.07) is 5.34. The number of halogens is 1. The zero-order valence-electron chi connectivity index (χ0n) is 13.4. The lowest BCUT2D eigenvalue weighted by Gasteiger charge is -2.16. The van der Waals surface area contributed by atoms with Crippen molar-refractivity contribution in [2.24, 2.45) is 0 Å². The smallest absolute Gasteiger partial charge is 0.253 e. The zero-order chi connectivity index (χ0) is 16.9. The summed E-state index contributed by atoms with van der Waals surface area (Å²) in [7, 11) is 0. The van der Waals surface area contributed by atoms with E-state index in [1.165, 1.54) is 0 Å². The third-order valence-corrected chi connectivity index (χ3v) is 4.23. The molecule has 1 N–H and O–H groups in total. The third-order valence-electron chi connectivity index (χ3n) is 3.92. The summed E-state index contributed by atoms with van der Waals surface area (Å²) >= 11 is 6.28. The molecule has 2 aromatic rings. The fraction of sp³-hybridized carbons (Fsp3) is 0.412. The van der Waals surface area contributed by atoms with E-state index in [2.05, 4.69) is 10.3 Å². The van der Waals surface area contributed by atoms with Crippen molar-refractivity contribution in [1.29, 1.82) is 0 Å². The number of amides is 1. The molecule has 1 aromatic heterocycles. The Morgan fingerprint density at radius 3 is 3.12 bits per heavy atom. The van der Waals surface area contributed by atoms with Gasteiger partial charge in [-0.3, -0.25) is 4.79 Å². The number of hydrogen-bond donors (Lipinski definition) is 1. The molecule has 0 radical (unpaired) electrons. The van der Waals surface area contributed by atoms with Crippen molar-refractivity contribution >= 4 is 23.2 Å². The number of rotatable bonds is 6. The van der Waals surface area contributed by atoms with Gasteiger partial charge < -0.3 is 19.4 Å². The Labute approximate surface area is 145 Å². The topological polar surface area (TPSA) is 65.4 Å². The first-order chi connectivity index (χ1) is 11.6. The molecule has 1 fully saturated rings. The summed E-state index contributed by atoms with van der Waals surface area (Å²) in [4.78, 5) is 16.2. The number of anilines is 1. The maximum Gasteiger partial charge on any atom is 0.253 e. The van der Waals surface area contributed by atoms with E-state index < -0.39 is 6.10 Å². The summed E-state index contributed by atoms with van der Waals surface area (Å²) in [5.41, 5.74) is 1.43. The lowest BCUT2D eigenvalue weighted by atomic mass is 10.2. The van der Waals surface area contributed by atoms with Crippen molar-refractivity contribution in [3.63, 3.8) is 0 Å². The zero-order valence-corrected chi connectivity index (χ0v) is 14.2. The first-order valence-corrected chi connectivity index (χ1v) is 8.33. The summed E-state index contributed by atoms with van der Waals surface area (Å²) in [6.45, 7) is 2.94. The summed E-state index contributed by atoms with van der Waals surface area (Å²) in [5.74, 6) is -0.209. The molecule has 7 heteroatoms. The van der Waals surface area contributed by atoms with Gasteiger partial charge in [-0.05, 0) is 38.0 Å². The van der Waals surface area contributed by atoms with Gasteiger partial charge in [-0.15, -0.1) is 0 Å². The number of aromatic nitrogens is 2. The van der Waals surface area contributed by atoms with Crippen LogP contribution in [0, 0.1) is 0 Å². The highest BCUT2D eigenvalue weighted by Gasteiger charge is 2.20. The number of imidazole rings is 1. The monoisotopic (exact) mass is 349 g/mol. The molecule has 3 rings (SSSR count). The minimum atomic E-state index is -0.554. The first-order valence-electron chi connectivity index (χ1n) is 7.95. The predicted octanol–water partition coefficient (Wildman–Crippen LogP) is 3.05. The average Bonchev–Trinajstić information content (AvgIpc) is 3.26. The first kappa shape index (κ1) is 17.0. The van der Waals surface area contributed by atoms with Crippen LogP contribution in [0.15, 0.2) is 36.9 Å². The second-order valence-electron chi connectivity index (χ2n) is 5.74. The van der Waals surface area contributed by atoms with E-state index in [0.717, 1.165) is 25.1 Å². The molecule has 2 unspecified atom stereocenters. The van der Waals surface area contributed by atoms with E-state index in [-0.39, 0.29) is 12.0 Å². The Hall–Kier alpha value is -1.89. The highest BCUT2D eigenvalue weighted by atomic mass is 35.5. The van der Waals surface area contributed by atoms with Gasteiger partial charge >= 0.3 is 0 Å². The lowest BCUT2D eigenvalue weighted by molar-refractivity contribution is -0.128. The standard InChI is InChI=1S/C17H20ClN3O3/c1-12(24-10-14-3-2-8-23-14)17(22)20-13-4-5-16(15(18)9-13)21-7-6-19-11-21/h4-7,9,11-12,14H,2-3,8,10H2,1H3,(H,20,22). The molecule has 2 heterocycles. The highest BCUT2D eigenvalue weighted by molar-refractivity contribution is 6.32. The summed E-state index contributed by atoms with van der Waals surface area (Å²) in [6.07, 6.45) is 6.74. The van der Waals surface area contributed by atoms with Crippen molar-refractivity contribution in [3.05, 3.63) is 41.9 Å². The van der Waals surface area contributed by atoms with Gasteiger partial charge in [-0.25, -0.2) is 4.98 Å². The maximum atomic E-state index is 12.2. The second kappa shape index (κ2) is 7.79. The van der Waals surface area contributed by atoms with Crippen molar-refractivity contribution < 1.29 is 14.3 Å². The SMILES string of the molecule is CC(OCC1CCCO1)C(=O)Nc1ccc(-n2ccnc2)c(Cl)c1. The second-order valence-corrected chi connectivity index (χ2v) is 6.14. The Balaban J connectivity index is 1.56. The van der Waals surface area contributed by atoms with E-state index in [4.69, 9.17) is 21.1 Å². The van der Waals surface area contributed by atoms with Crippen LogP contribution in [0.5, 0.6) is 0 Å². The van der Waals surface area contributed by atoms with Gasteiger partial charge in [-0.2, -0.15) is 0 Å². The van der Waals surface area contributed by atoms with Gasteiger partial charge in [0, 0.05) is 24.7 Å². The molecule has 1 aromatic carbocycles. The molecular weight excluding hydrogens is 330 g/mol. The van der Waals surface area contributed by atoms with E-state index in [1.807, 2.05) is 6.07 Å². The number of carbonyl (C=O) groups excluding carboxylic acids is 1. The number of ether oxygens (including phenoxy) is 2. The maximum absolute atomic E-state index is 12.2. The van der Waals surface area contributed by atoms with Crippen molar-refractivity contribution in [2.45, 2.75) is 32.0 Å². The molecule has 24 heavy (non-hydrogen) atoms. The number of carbonyl (C=O) groups is 1. The lowest BCUT2D eigenvalue weighted by Crippen LogP contribution is -2.30. The molecule has 1 aliphatic rings. The number of nitrogens with zero attached hydrogens (tertiary/aromatic N) is 2. The Morgan fingerprint density at radius 1 is 1.58 bits per heavy atom. The minimum Gasteiger partial charge on any atom is -0.376 e. The number of nitrogens with one attached hydrogen (secondary N) is 1. The quantitative estimate of drug-likeness (QED) is 0.870. The van der Waals surface area contributed by atoms with E-state index in [0.29, 0.717) is 17.3 Å². The van der Waals surface area contributed by atoms with Gasteiger partial charge in [0.25, 0.3) is 5.91 Å². The van der Waals surface area contributed by atoms with E-state index in [1.54, 1.807) is 42.3 Å². The fourth-order valence-electron chi connectivity index (χ4n) is 2.54. The van der Waals surface area contributed by atoms with Gasteiger partial charge in [-0.1, -0.05) is 11.6 Å². The third kappa shape index (κ3) is 4.14. The normalized spacial score (nSPS) is 18.5. The van der Waals surface area contributed by atoms with E-state index >= 15 is 0 Å². The molecule has 0 spiro atoms. The molecule has 1 saturated heterocycles. The van der Waals surface area contributed by atoms with Gasteiger partial charge in [0.05, 0.1) is 29.7 Å². The number of benzene rings is 1. The Kier molecular flexibility index (Phi) is 5.50. The molecule has 0 saturated carbocycles. The molecule has 1 aliphatic heterocycles. The molecule has 0 bridgehead atoms. The van der Waals surface area contributed by atoms with Gasteiger partial charge in [0.2, 0.25) is 0 Å². The van der Waals surface area contributed by atoms with Crippen molar-refractivity contribution in [2.75, 3.05) is 18.5 Å². The molecule has 128 valence electrons. The van der Waals surface area contributed by atoms with Crippen LogP contribution in [0.4, 0.5) is 5.69 Å². The van der Waals surface area contributed by atoms with Crippen molar-refractivity contribution in [1.82, 2.24) is 9.55 Å².